The molecule has 1 aromatic rings. The summed E-state index contributed by atoms with van der Waals surface area (Å²) in [5.74, 6) is 0.672. The minimum atomic E-state index is -3.52. The number of methoxy groups -OCH3 is 1. The van der Waals surface area contributed by atoms with Crippen LogP contribution in [0.4, 0.5) is 5.82 Å². The number of nitrogens with zero attached hydrogens (tertiary/aromatic N) is 1. The van der Waals surface area contributed by atoms with E-state index in [-0.39, 0.29) is 17.5 Å². The van der Waals surface area contributed by atoms with Crippen LogP contribution in [0, 0.1) is 0 Å². The Bertz CT molecular complexity index is 473. The summed E-state index contributed by atoms with van der Waals surface area (Å²) in [5, 5.41) is 3.09. The molecule has 1 rings (SSSR count). The van der Waals surface area contributed by atoms with Crippen LogP contribution in [0.25, 0.3) is 0 Å². The van der Waals surface area contributed by atoms with Crippen molar-refractivity contribution in [2.75, 3.05) is 25.5 Å². The number of anilines is 1. The van der Waals surface area contributed by atoms with Gasteiger partial charge in [0.25, 0.3) is 0 Å². The van der Waals surface area contributed by atoms with E-state index in [1.165, 1.54) is 19.4 Å². The van der Waals surface area contributed by atoms with Crippen LogP contribution in [0.15, 0.2) is 23.2 Å². The van der Waals surface area contributed by atoms with E-state index in [0.717, 1.165) is 13.0 Å². The number of hydrogen-bond donors (Lipinski definition) is 2. The fourth-order valence-corrected chi connectivity index (χ4v) is 2.35. The molecular formula is C12H21N3O3S. The van der Waals surface area contributed by atoms with E-state index < -0.39 is 10.0 Å². The highest BCUT2D eigenvalue weighted by Crippen LogP contribution is 2.10. The van der Waals surface area contributed by atoms with Gasteiger partial charge in [0.15, 0.2) is 0 Å². The molecule has 2 N–H and O–H groups in total. The van der Waals surface area contributed by atoms with Gasteiger partial charge < -0.3 is 10.1 Å². The van der Waals surface area contributed by atoms with Crippen molar-refractivity contribution in [3.63, 3.8) is 0 Å². The normalized spacial score (nSPS) is 13.2. The number of nitrogens with one attached hydrogen (secondary N) is 2. The molecule has 0 aliphatic heterocycles. The Morgan fingerprint density at radius 1 is 1.42 bits per heavy atom. The Kier molecular flexibility index (Phi) is 6.20. The average molecular weight is 287 g/mol. The van der Waals surface area contributed by atoms with Gasteiger partial charge in [-0.25, -0.2) is 18.1 Å². The maximum Gasteiger partial charge on any atom is 0.242 e. The van der Waals surface area contributed by atoms with E-state index in [4.69, 9.17) is 4.74 Å². The molecule has 1 aromatic heterocycles. The van der Waals surface area contributed by atoms with Gasteiger partial charge in [-0.15, -0.1) is 0 Å². The molecular weight excluding hydrogens is 266 g/mol. The highest BCUT2D eigenvalue weighted by molar-refractivity contribution is 7.89. The summed E-state index contributed by atoms with van der Waals surface area (Å²) in [6.07, 6.45) is 2.16. The SMILES string of the molecule is CCCNc1ccc(S(=O)(=O)NCC(C)OC)cn1. The lowest BCUT2D eigenvalue weighted by Crippen LogP contribution is -2.31. The summed E-state index contributed by atoms with van der Waals surface area (Å²) < 4.78 is 31.4. The van der Waals surface area contributed by atoms with Crippen molar-refractivity contribution >= 4 is 15.8 Å². The fourth-order valence-electron chi connectivity index (χ4n) is 1.29. The van der Waals surface area contributed by atoms with Gasteiger partial charge in [0.2, 0.25) is 10.0 Å². The van der Waals surface area contributed by atoms with E-state index in [9.17, 15) is 8.42 Å². The summed E-state index contributed by atoms with van der Waals surface area (Å²) in [5.41, 5.74) is 0. The van der Waals surface area contributed by atoms with Crippen molar-refractivity contribution in [2.24, 2.45) is 0 Å². The van der Waals surface area contributed by atoms with E-state index in [2.05, 4.69) is 15.0 Å². The number of pyridine rings is 1. The Morgan fingerprint density at radius 3 is 2.68 bits per heavy atom. The second-order valence-electron chi connectivity index (χ2n) is 4.20. The summed E-state index contributed by atoms with van der Waals surface area (Å²) in [4.78, 5) is 4.22. The molecule has 0 radical (unpaired) electrons. The van der Waals surface area contributed by atoms with Crippen LogP contribution in [0.3, 0.4) is 0 Å². The average Bonchev–Trinajstić information content (AvgIpc) is 2.43. The van der Waals surface area contributed by atoms with Crippen molar-refractivity contribution in [3.05, 3.63) is 18.3 Å². The van der Waals surface area contributed by atoms with Crippen LogP contribution in [-0.2, 0) is 14.8 Å². The smallest absolute Gasteiger partial charge is 0.242 e. The van der Waals surface area contributed by atoms with Crippen LogP contribution in [0.2, 0.25) is 0 Å². The molecule has 0 spiro atoms. The van der Waals surface area contributed by atoms with Crippen molar-refractivity contribution in [1.29, 1.82) is 0 Å². The molecule has 0 aliphatic carbocycles. The largest absolute Gasteiger partial charge is 0.380 e. The van der Waals surface area contributed by atoms with Crippen molar-refractivity contribution < 1.29 is 13.2 Å². The van der Waals surface area contributed by atoms with Crippen LogP contribution in [0.1, 0.15) is 20.3 Å². The second kappa shape index (κ2) is 7.42. The van der Waals surface area contributed by atoms with Gasteiger partial charge in [0.05, 0.1) is 6.10 Å². The van der Waals surface area contributed by atoms with Crippen molar-refractivity contribution in [1.82, 2.24) is 9.71 Å². The highest BCUT2D eigenvalue weighted by atomic mass is 32.2. The predicted octanol–water partition coefficient (Wildman–Crippen LogP) is 1.22. The monoisotopic (exact) mass is 287 g/mol. The molecule has 108 valence electrons. The first kappa shape index (κ1) is 15.9. The lowest BCUT2D eigenvalue weighted by atomic mass is 10.4. The van der Waals surface area contributed by atoms with Crippen molar-refractivity contribution in [2.45, 2.75) is 31.3 Å². The van der Waals surface area contributed by atoms with Gasteiger partial charge in [-0.1, -0.05) is 6.92 Å². The van der Waals surface area contributed by atoms with Crippen LogP contribution < -0.4 is 10.0 Å². The van der Waals surface area contributed by atoms with Crippen molar-refractivity contribution in [3.8, 4) is 0 Å². The topological polar surface area (TPSA) is 80.3 Å². The van der Waals surface area contributed by atoms with Gasteiger partial charge >= 0.3 is 0 Å². The minimum Gasteiger partial charge on any atom is -0.380 e. The van der Waals surface area contributed by atoms with Crippen LogP contribution in [0.5, 0.6) is 0 Å². The molecule has 0 aromatic carbocycles. The van der Waals surface area contributed by atoms with Gasteiger partial charge in [-0.05, 0) is 25.5 Å². The van der Waals surface area contributed by atoms with Gasteiger partial charge in [0, 0.05) is 26.4 Å². The summed E-state index contributed by atoms with van der Waals surface area (Å²) in [6, 6.07) is 3.19. The maximum absolute atomic E-state index is 12.0. The molecule has 0 fully saturated rings. The highest BCUT2D eigenvalue weighted by Gasteiger charge is 2.15. The molecule has 19 heavy (non-hydrogen) atoms. The summed E-state index contributed by atoms with van der Waals surface area (Å²) >= 11 is 0. The summed E-state index contributed by atoms with van der Waals surface area (Å²) in [7, 11) is -1.99. The first-order valence-corrected chi connectivity index (χ1v) is 7.70. The molecule has 0 saturated heterocycles. The molecule has 7 heteroatoms. The number of ether oxygens (including phenoxy) is 1. The number of sulfonamides is 1. The van der Waals surface area contributed by atoms with Gasteiger partial charge in [-0.2, -0.15) is 0 Å². The standard InChI is InChI=1S/C12H21N3O3S/c1-4-7-13-12-6-5-11(9-14-12)19(16,17)15-8-10(2)18-3/h5-6,9-10,15H,4,7-8H2,1-3H3,(H,13,14). The zero-order valence-electron chi connectivity index (χ0n) is 11.5. The molecule has 0 bridgehead atoms. The van der Waals surface area contributed by atoms with E-state index >= 15 is 0 Å². The number of aromatic nitrogens is 1. The third-order valence-electron chi connectivity index (χ3n) is 2.57. The quantitative estimate of drug-likeness (QED) is 0.751. The van der Waals surface area contributed by atoms with E-state index in [0.29, 0.717) is 5.82 Å². The molecule has 1 atom stereocenters. The molecule has 1 unspecified atom stereocenters. The molecule has 6 nitrogen and oxygen atoms in total. The van der Waals surface area contributed by atoms with E-state index in [1.54, 1.807) is 13.0 Å². The summed E-state index contributed by atoms with van der Waals surface area (Å²) in [6.45, 7) is 4.88. The Hall–Kier alpha value is -1.18. The molecule has 0 amide bonds. The predicted molar refractivity (Wildman–Crippen MR) is 74.7 cm³/mol. The molecule has 0 aliphatic rings. The Morgan fingerprint density at radius 2 is 2.16 bits per heavy atom. The Labute approximate surface area is 114 Å². The third kappa shape index (κ3) is 5.14. The van der Waals surface area contributed by atoms with Crippen LogP contribution >= 0.6 is 0 Å². The van der Waals surface area contributed by atoms with Gasteiger partial charge in [0.1, 0.15) is 10.7 Å². The Balaban J connectivity index is 2.68. The third-order valence-corrected chi connectivity index (χ3v) is 3.97. The first-order chi connectivity index (χ1) is 8.99. The van der Waals surface area contributed by atoms with Gasteiger partial charge in [-0.3, -0.25) is 0 Å². The first-order valence-electron chi connectivity index (χ1n) is 6.22. The minimum absolute atomic E-state index is 0.151. The lowest BCUT2D eigenvalue weighted by Gasteiger charge is -2.11. The molecule has 0 saturated carbocycles. The maximum atomic E-state index is 12.0. The zero-order chi connectivity index (χ0) is 14.3. The number of hydrogen-bond acceptors (Lipinski definition) is 5. The number of rotatable bonds is 8. The fraction of sp³-hybridized carbons (Fsp3) is 0.583. The second-order valence-corrected chi connectivity index (χ2v) is 5.97. The molecule has 1 heterocycles. The van der Waals surface area contributed by atoms with Crippen LogP contribution in [-0.4, -0.2) is 39.7 Å². The van der Waals surface area contributed by atoms with E-state index in [1.807, 2.05) is 6.92 Å². The lowest BCUT2D eigenvalue weighted by molar-refractivity contribution is 0.122. The zero-order valence-corrected chi connectivity index (χ0v) is 12.3.